The normalized spacial score (nSPS) is 15.4. The van der Waals surface area contributed by atoms with Crippen molar-refractivity contribution in [3.05, 3.63) is 34.1 Å². The number of non-ortho nitro benzene ring substituents is 1. The molecule has 4 nitrogen and oxygen atoms in total. The first-order chi connectivity index (χ1) is 8.76. The number of rotatable bonds is 4. The van der Waals surface area contributed by atoms with Crippen LogP contribution in [0.15, 0.2) is 18.2 Å². The van der Waals surface area contributed by atoms with Crippen LogP contribution in [-0.2, 0) is 0 Å². The molecule has 1 aromatic rings. The summed E-state index contributed by atoms with van der Waals surface area (Å²) < 4.78 is 50.7. The number of hydrogen-bond acceptors (Lipinski definition) is 3. The van der Waals surface area contributed by atoms with E-state index in [4.69, 9.17) is 0 Å². The van der Waals surface area contributed by atoms with Gasteiger partial charge in [-0.3, -0.25) is 10.1 Å². The van der Waals surface area contributed by atoms with Crippen molar-refractivity contribution in [2.24, 2.45) is 0 Å². The summed E-state index contributed by atoms with van der Waals surface area (Å²) in [6.07, 6.45) is -3.30. The Bertz CT molecular complexity index is 500. The highest BCUT2D eigenvalue weighted by molar-refractivity contribution is 5.55. The standard InChI is InChI=1S/C11H10F4N2O2/c12-7-3-9(5-10(4-7)17(18)19)16(8-1-2-8)6-11(13,14)15/h3-5,8H,1-2,6H2. The van der Waals surface area contributed by atoms with E-state index in [1.165, 1.54) is 0 Å². The van der Waals surface area contributed by atoms with Crippen molar-refractivity contribution in [2.45, 2.75) is 25.1 Å². The van der Waals surface area contributed by atoms with Gasteiger partial charge in [0.15, 0.2) is 0 Å². The molecule has 2 rings (SSSR count). The SMILES string of the molecule is O=[N+]([O-])c1cc(F)cc(N(CC(F)(F)F)C2CC2)c1. The summed E-state index contributed by atoms with van der Waals surface area (Å²) in [6.45, 7) is -1.24. The lowest BCUT2D eigenvalue weighted by Crippen LogP contribution is -2.36. The summed E-state index contributed by atoms with van der Waals surface area (Å²) in [5.41, 5.74) is -0.658. The third-order valence-electron chi connectivity index (χ3n) is 2.75. The monoisotopic (exact) mass is 278 g/mol. The zero-order valence-corrected chi connectivity index (χ0v) is 9.65. The Hall–Kier alpha value is -1.86. The highest BCUT2D eigenvalue weighted by Gasteiger charge is 2.38. The van der Waals surface area contributed by atoms with E-state index >= 15 is 0 Å². The van der Waals surface area contributed by atoms with Crippen LogP contribution in [0.4, 0.5) is 28.9 Å². The van der Waals surface area contributed by atoms with E-state index in [-0.39, 0.29) is 11.7 Å². The van der Waals surface area contributed by atoms with Crippen molar-refractivity contribution in [2.75, 3.05) is 11.4 Å². The number of anilines is 1. The lowest BCUT2D eigenvalue weighted by molar-refractivity contribution is -0.385. The zero-order chi connectivity index (χ0) is 14.2. The largest absolute Gasteiger partial charge is 0.405 e. The number of nitrogens with zero attached hydrogens (tertiary/aromatic N) is 2. The van der Waals surface area contributed by atoms with Crippen molar-refractivity contribution in [3.8, 4) is 0 Å². The molecule has 1 fully saturated rings. The second kappa shape index (κ2) is 4.67. The van der Waals surface area contributed by atoms with E-state index < -0.39 is 29.1 Å². The molecule has 0 atom stereocenters. The van der Waals surface area contributed by atoms with Crippen LogP contribution in [0.3, 0.4) is 0 Å². The maximum absolute atomic E-state index is 13.3. The summed E-state index contributed by atoms with van der Waals surface area (Å²) in [6, 6.07) is 2.20. The molecule has 104 valence electrons. The molecule has 1 aliphatic rings. The van der Waals surface area contributed by atoms with Gasteiger partial charge in [0.05, 0.1) is 11.0 Å². The third-order valence-corrected chi connectivity index (χ3v) is 2.75. The van der Waals surface area contributed by atoms with Gasteiger partial charge in [-0.1, -0.05) is 0 Å². The highest BCUT2D eigenvalue weighted by Crippen LogP contribution is 2.36. The molecule has 1 saturated carbocycles. The topological polar surface area (TPSA) is 46.4 Å². The minimum absolute atomic E-state index is 0.105. The molecule has 0 aromatic heterocycles. The zero-order valence-electron chi connectivity index (χ0n) is 9.65. The van der Waals surface area contributed by atoms with E-state index in [1.54, 1.807) is 0 Å². The number of nitro benzene ring substituents is 1. The molecule has 0 bridgehead atoms. The van der Waals surface area contributed by atoms with E-state index in [9.17, 15) is 27.7 Å². The molecular weight excluding hydrogens is 268 g/mol. The predicted molar refractivity (Wildman–Crippen MR) is 59.5 cm³/mol. The number of alkyl halides is 3. The minimum Gasteiger partial charge on any atom is -0.359 e. The Labute approximate surface area is 105 Å². The van der Waals surface area contributed by atoms with Crippen LogP contribution >= 0.6 is 0 Å². The molecule has 0 unspecified atom stereocenters. The lowest BCUT2D eigenvalue weighted by Gasteiger charge is -2.25. The van der Waals surface area contributed by atoms with Crippen molar-refractivity contribution < 1.29 is 22.5 Å². The van der Waals surface area contributed by atoms with Crippen LogP contribution in [0.5, 0.6) is 0 Å². The summed E-state index contributed by atoms with van der Waals surface area (Å²) in [5, 5.41) is 10.6. The molecule has 1 aliphatic carbocycles. The second-order valence-corrected chi connectivity index (χ2v) is 4.40. The molecule has 1 aromatic carbocycles. The van der Waals surface area contributed by atoms with Crippen LogP contribution in [0, 0.1) is 15.9 Å². The Morgan fingerprint density at radius 1 is 1.32 bits per heavy atom. The minimum atomic E-state index is -4.44. The Morgan fingerprint density at radius 3 is 2.42 bits per heavy atom. The van der Waals surface area contributed by atoms with Crippen LogP contribution in [0.2, 0.25) is 0 Å². The van der Waals surface area contributed by atoms with E-state index in [0.29, 0.717) is 18.9 Å². The second-order valence-electron chi connectivity index (χ2n) is 4.40. The maximum Gasteiger partial charge on any atom is 0.405 e. The van der Waals surface area contributed by atoms with Gasteiger partial charge in [0.25, 0.3) is 5.69 Å². The van der Waals surface area contributed by atoms with Gasteiger partial charge in [0, 0.05) is 17.8 Å². The average molecular weight is 278 g/mol. The molecule has 0 heterocycles. The van der Waals surface area contributed by atoms with Gasteiger partial charge in [-0.05, 0) is 18.9 Å². The Balaban J connectivity index is 2.33. The van der Waals surface area contributed by atoms with Crippen LogP contribution in [0.25, 0.3) is 0 Å². The van der Waals surface area contributed by atoms with Crippen LogP contribution in [0.1, 0.15) is 12.8 Å². The fraction of sp³-hybridized carbons (Fsp3) is 0.455. The first-order valence-corrected chi connectivity index (χ1v) is 5.54. The molecule has 0 aliphatic heterocycles. The predicted octanol–water partition coefficient (Wildman–Crippen LogP) is 3.27. The number of benzene rings is 1. The first kappa shape index (κ1) is 13.6. The molecule has 0 spiro atoms. The number of halogens is 4. The quantitative estimate of drug-likeness (QED) is 0.482. The van der Waals surface area contributed by atoms with E-state index in [2.05, 4.69) is 0 Å². The Morgan fingerprint density at radius 2 is 1.95 bits per heavy atom. The lowest BCUT2D eigenvalue weighted by atomic mass is 10.2. The van der Waals surface area contributed by atoms with Gasteiger partial charge < -0.3 is 4.90 Å². The van der Waals surface area contributed by atoms with Gasteiger partial charge >= 0.3 is 6.18 Å². The van der Waals surface area contributed by atoms with Gasteiger partial charge in [0.1, 0.15) is 12.4 Å². The molecule has 0 amide bonds. The van der Waals surface area contributed by atoms with Crippen molar-refractivity contribution in [1.29, 1.82) is 0 Å². The molecule has 19 heavy (non-hydrogen) atoms. The van der Waals surface area contributed by atoms with Crippen molar-refractivity contribution >= 4 is 11.4 Å². The average Bonchev–Trinajstić information content (AvgIpc) is 3.07. The highest BCUT2D eigenvalue weighted by atomic mass is 19.4. The molecule has 0 saturated heterocycles. The van der Waals surface area contributed by atoms with Gasteiger partial charge in [-0.2, -0.15) is 13.2 Å². The first-order valence-electron chi connectivity index (χ1n) is 5.54. The van der Waals surface area contributed by atoms with E-state index in [0.717, 1.165) is 17.0 Å². The van der Waals surface area contributed by atoms with Gasteiger partial charge in [-0.25, -0.2) is 4.39 Å². The van der Waals surface area contributed by atoms with E-state index in [1.807, 2.05) is 0 Å². The van der Waals surface area contributed by atoms with Crippen LogP contribution < -0.4 is 4.90 Å². The number of hydrogen-bond donors (Lipinski definition) is 0. The van der Waals surface area contributed by atoms with Gasteiger partial charge in [0.2, 0.25) is 0 Å². The molecule has 8 heteroatoms. The third kappa shape index (κ3) is 3.55. The fourth-order valence-corrected chi connectivity index (χ4v) is 1.84. The molecule has 0 N–H and O–H groups in total. The number of nitro groups is 1. The summed E-state index contributed by atoms with van der Waals surface area (Å²) >= 11 is 0. The molecule has 0 radical (unpaired) electrons. The summed E-state index contributed by atoms with van der Waals surface area (Å²) in [5.74, 6) is -0.919. The smallest absolute Gasteiger partial charge is 0.359 e. The van der Waals surface area contributed by atoms with Crippen LogP contribution in [-0.4, -0.2) is 23.7 Å². The van der Waals surface area contributed by atoms with Gasteiger partial charge in [-0.15, -0.1) is 0 Å². The van der Waals surface area contributed by atoms with Crippen molar-refractivity contribution in [1.82, 2.24) is 0 Å². The fourth-order valence-electron chi connectivity index (χ4n) is 1.84. The molecular formula is C11H10F4N2O2. The summed E-state index contributed by atoms with van der Waals surface area (Å²) in [7, 11) is 0. The Kier molecular flexibility index (Phi) is 3.34. The summed E-state index contributed by atoms with van der Waals surface area (Å²) in [4.78, 5) is 10.7. The van der Waals surface area contributed by atoms with Crippen molar-refractivity contribution in [3.63, 3.8) is 0 Å². The maximum atomic E-state index is 13.3.